The maximum atomic E-state index is 12.8. The van der Waals surface area contributed by atoms with Gasteiger partial charge in [0.15, 0.2) is 6.10 Å². The standard InChI is InChI=1S/C23H26N2O3/c1-16(28-19-9-7-18(27-2)8-10-19)23(26)25-13-11-17(12-14-25)21-15-24-22-6-4-3-5-20(21)22/h3-10,15-17,24H,11-14H2,1-2H3. The van der Waals surface area contributed by atoms with Crippen LogP contribution in [-0.4, -0.2) is 42.1 Å². The number of aromatic amines is 1. The van der Waals surface area contributed by atoms with Gasteiger partial charge in [0, 0.05) is 30.2 Å². The van der Waals surface area contributed by atoms with E-state index in [0.29, 0.717) is 11.7 Å². The van der Waals surface area contributed by atoms with Gasteiger partial charge in [-0.2, -0.15) is 0 Å². The molecule has 1 atom stereocenters. The molecule has 0 bridgehead atoms. The van der Waals surface area contributed by atoms with Gasteiger partial charge in [0.2, 0.25) is 0 Å². The Bertz CT molecular complexity index is 940. The molecule has 1 saturated heterocycles. The zero-order valence-corrected chi connectivity index (χ0v) is 16.4. The summed E-state index contributed by atoms with van der Waals surface area (Å²) in [4.78, 5) is 18.1. The third kappa shape index (κ3) is 3.70. The number of nitrogens with zero attached hydrogens (tertiary/aromatic N) is 1. The highest BCUT2D eigenvalue weighted by Crippen LogP contribution is 2.33. The molecule has 1 unspecified atom stereocenters. The number of H-pyrrole nitrogens is 1. The van der Waals surface area contributed by atoms with Gasteiger partial charge >= 0.3 is 0 Å². The first-order chi connectivity index (χ1) is 13.7. The zero-order valence-electron chi connectivity index (χ0n) is 16.4. The Hall–Kier alpha value is -2.95. The van der Waals surface area contributed by atoms with Crippen molar-refractivity contribution in [1.29, 1.82) is 0 Å². The number of carbonyl (C=O) groups excluding carboxylic acids is 1. The summed E-state index contributed by atoms with van der Waals surface area (Å²) in [5, 5.41) is 1.29. The summed E-state index contributed by atoms with van der Waals surface area (Å²) in [6.45, 7) is 3.34. The Labute approximate surface area is 165 Å². The molecule has 1 fully saturated rings. The number of likely N-dealkylation sites (tertiary alicyclic amines) is 1. The molecule has 0 spiro atoms. The van der Waals surface area contributed by atoms with E-state index < -0.39 is 6.10 Å². The van der Waals surface area contributed by atoms with Crippen LogP contribution in [0.1, 0.15) is 31.2 Å². The van der Waals surface area contributed by atoms with Gasteiger partial charge in [0.1, 0.15) is 11.5 Å². The number of benzene rings is 2. The molecule has 2 aromatic carbocycles. The second-order valence-electron chi connectivity index (χ2n) is 7.32. The molecule has 5 nitrogen and oxygen atoms in total. The van der Waals surface area contributed by atoms with Gasteiger partial charge in [-0.3, -0.25) is 4.79 Å². The third-order valence-electron chi connectivity index (χ3n) is 5.59. The number of piperidine rings is 1. The number of nitrogens with one attached hydrogen (secondary N) is 1. The summed E-state index contributed by atoms with van der Waals surface area (Å²) in [7, 11) is 1.63. The molecular formula is C23H26N2O3. The minimum absolute atomic E-state index is 0.0493. The molecule has 1 aliphatic rings. The van der Waals surface area contributed by atoms with Crippen molar-refractivity contribution in [3.63, 3.8) is 0 Å². The van der Waals surface area contributed by atoms with E-state index in [-0.39, 0.29) is 5.91 Å². The van der Waals surface area contributed by atoms with Gasteiger partial charge in [-0.05, 0) is 61.6 Å². The van der Waals surface area contributed by atoms with E-state index in [0.717, 1.165) is 31.7 Å². The van der Waals surface area contributed by atoms with Crippen molar-refractivity contribution in [3.8, 4) is 11.5 Å². The smallest absolute Gasteiger partial charge is 0.263 e. The predicted octanol–water partition coefficient (Wildman–Crippen LogP) is 4.35. The molecule has 1 N–H and O–H groups in total. The number of hydrogen-bond donors (Lipinski definition) is 1. The van der Waals surface area contributed by atoms with Crippen LogP contribution in [0.15, 0.2) is 54.7 Å². The minimum atomic E-state index is -0.502. The fourth-order valence-electron chi connectivity index (χ4n) is 4.01. The molecule has 1 amide bonds. The Morgan fingerprint density at radius 3 is 2.46 bits per heavy atom. The summed E-state index contributed by atoms with van der Waals surface area (Å²) in [6, 6.07) is 15.7. The molecule has 4 rings (SSSR count). The molecule has 3 aromatic rings. The topological polar surface area (TPSA) is 54.6 Å². The van der Waals surface area contributed by atoms with Gasteiger partial charge in [0.25, 0.3) is 5.91 Å². The number of hydrogen-bond acceptors (Lipinski definition) is 3. The average Bonchev–Trinajstić information content (AvgIpc) is 3.18. The fourth-order valence-corrected chi connectivity index (χ4v) is 4.01. The molecule has 0 saturated carbocycles. The fraction of sp³-hybridized carbons (Fsp3) is 0.348. The molecular weight excluding hydrogens is 352 g/mol. The lowest BCUT2D eigenvalue weighted by atomic mass is 9.89. The van der Waals surface area contributed by atoms with Crippen molar-refractivity contribution in [3.05, 3.63) is 60.3 Å². The number of amides is 1. The third-order valence-corrected chi connectivity index (χ3v) is 5.59. The summed E-state index contributed by atoms with van der Waals surface area (Å²) in [5.74, 6) is 1.98. The maximum absolute atomic E-state index is 12.8. The minimum Gasteiger partial charge on any atom is -0.497 e. The van der Waals surface area contributed by atoms with E-state index in [4.69, 9.17) is 9.47 Å². The van der Waals surface area contributed by atoms with E-state index in [2.05, 4.69) is 29.4 Å². The van der Waals surface area contributed by atoms with Crippen LogP contribution < -0.4 is 9.47 Å². The van der Waals surface area contributed by atoms with E-state index >= 15 is 0 Å². The van der Waals surface area contributed by atoms with Crippen LogP contribution in [-0.2, 0) is 4.79 Å². The highest BCUT2D eigenvalue weighted by molar-refractivity contribution is 5.84. The molecule has 1 aliphatic heterocycles. The lowest BCUT2D eigenvalue weighted by Gasteiger charge is -2.33. The second kappa shape index (κ2) is 7.97. The number of ether oxygens (including phenoxy) is 2. The van der Waals surface area contributed by atoms with Crippen LogP contribution in [0.3, 0.4) is 0 Å². The second-order valence-corrected chi connectivity index (χ2v) is 7.32. The molecule has 1 aromatic heterocycles. The zero-order chi connectivity index (χ0) is 19.5. The van der Waals surface area contributed by atoms with Crippen LogP contribution in [0.5, 0.6) is 11.5 Å². The summed E-state index contributed by atoms with van der Waals surface area (Å²) in [5.41, 5.74) is 2.54. The van der Waals surface area contributed by atoms with E-state index in [1.54, 1.807) is 7.11 Å². The molecule has 28 heavy (non-hydrogen) atoms. The Balaban J connectivity index is 1.35. The van der Waals surface area contributed by atoms with Crippen LogP contribution in [0, 0.1) is 0 Å². The van der Waals surface area contributed by atoms with Gasteiger partial charge in [-0.1, -0.05) is 18.2 Å². The number of para-hydroxylation sites is 1. The SMILES string of the molecule is COc1ccc(OC(C)C(=O)N2CCC(c3c[nH]c4ccccc34)CC2)cc1. The quantitative estimate of drug-likeness (QED) is 0.718. The van der Waals surface area contributed by atoms with Crippen LogP contribution in [0.25, 0.3) is 10.9 Å². The monoisotopic (exact) mass is 378 g/mol. The average molecular weight is 378 g/mol. The van der Waals surface area contributed by atoms with Gasteiger partial charge in [-0.25, -0.2) is 0 Å². The highest BCUT2D eigenvalue weighted by atomic mass is 16.5. The molecule has 2 heterocycles. The van der Waals surface area contributed by atoms with Crippen molar-refractivity contribution < 1.29 is 14.3 Å². The first-order valence-corrected chi connectivity index (χ1v) is 9.81. The van der Waals surface area contributed by atoms with Gasteiger partial charge in [0.05, 0.1) is 7.11 Å². The van der Waals surface area contributed by atoms with Gasteiger partial charge in [-0.15, -0.1) is 0 Å². The molecule has 5 heteroatoms. The first-order valence-electron chi connectivity index (χ1n) is 9.81. The van der Waals surface area contributed by atoms with E-state index in [1.165, 1.54) is 16.5 Å². The van der Waals surface area contributed by atoms with Crippen molar-refractivity contribution in [2.45, 2.75) is 31.8 Å². The summed E-state index contributed by atoms with van der Waals surface area (Å²) < 4.78 is 11.0. The first kappa shape index (κ1) is 18.4. The Kier molecular flexibility index (Phi) is 5.24. The van der Waals surface area contributed by atoms with E-state index in [1.807, 2.05) is 42.2 Å². The maximum Gasteiger partial charge on any atom is 0.263 e. The summed E-state index contributed by atoms with van der Waals surface area (Å²) >= 11 is 0. The number of fused-ring (bicyclic) bond motifs is 1. The normalized spacial score (nSPS) is 16.1. The van der Waals surface area contributed by atoms with E-state index in [9.17, 15) is 4.79 Å². The molecule has 0 aliphatic carbocycles. The van der Waals surface area contributed by atoms with Crippen LogP contribution >= 0.6 is 0 Å². The van der Waals surface area contributed by atoms with Crippen molar-refractivity contribution in [1.82, 2.24) is 9.88 Å². The van der Waals surface area contributed by atoms with Crippen LogP contribution in [0.2, 0.25) is 0 Å². The largest absolute Gasteiger partial charge is 0.497 e. The number of carbonyl (C=O) groups is 1. The Morgan fingerprint density at radius 2 is 1.75 bits per heavy atom. The lowest BCUT2D eigenvalue weighted by molar-refractivity contribution is -0.139. The van der Waals surface area contributed by atoms with Crippen molar-refractivity contribution in [2.24, 2.45) is 0 Å². The molecule has 0 radical (unpaired) electrons. The Morgan fingerprint density at radius 1 is 1.07 bits per heavy atom. The molecule has 146 valence electrons. The summed E-state index contributed by atoms with van der Waals surface area (Å²) in [6.07, 6.45) is 3.58. The van der Waals surface area contributed by atoms with Crippen molar-refractivity contribution >= 4 is 16.8 Å². The number of rotatable bonds is 5. The lowest BCUT2D eigenvalue weighted by Crippen LogP contribution is -2.44. The highest BCUT2D eigenvalue weighted by Gasteiger charge is 2.28. The van der Waals surface area contributed by atoms with Gasteiger partial charge < -0.3 is 19.4 Å². The van der Waals surface area contributed by atoms with Crippen LogP contribution in [0.4, 0.5) is 0 Å². The number of aromatic nitrogens is 1. The van der Waals surface area contributed by atoms with Crippen molar-refractivity contribution in [2.75, 3.05) is 20.2 Å². The number of methoxy groups -OCH3 is 1. The predicted molar refractivity (Wildman–Crippen MR) is 110 cm³/mol.